The van der Waals surface area contributed by atoms with Crippen molar-refractivity contribution in [3.05, 3.63) is 94.3 Å². The molecule has 2 aliphatic rings. The Hall–Kier alpha value is -3.65. The molecule has 254 valence electrons. The van der Waals surface area contributed by atoms with Crippen molar-refractivity contribution in [2.24, 2.45) is 15.9 Å². The maximum absolute atomic E-state index is 10.7. The number of aliphatic imine (C=N–C) groups is 2. The van der Waals surface area contributed by atoms with E-state index in [1.807, 2.05) is 94.7 Å². The normalized spacial score (nSPS) is 17.5. The van der Waals surface area contributed by atoms with Gasteiger partial charge in [-0.15, -0.1) is 0 Å². The summed E-state index contributed by atoms with van der Waals surface area (Å²) in [6.07, 6.45) is 35.6. The second-order valence-corrected chi connectivity index (χ2v) is 10.3. The van der Waals surface area contributed by atoms with Gasteiger partial charge in [0.1, 0.15) is 0 Å². The first-order valence-corrected chi connectivity index (χ1v) is 16.2. The monoisotopic (exact) mass is 625 g/mol. The zero-order valence-corrected chi connectivity index (χ0v) is 29.7. The second kappa shape index (κ2) is 34.8. The Morgan fingerprint density at radius 2 is 1.76 bits per heavy atom. The summed E-state index contributed by atoms with van der Waals surface area (Å²) in [6.45, 7) is 16.1. The largest absolute Gasteiger partial charge is 0.369 e. The van der Waals surface area contributed by atoms with Crippen LogP contribution in [0.4, 0.5) is 0 Å². The molecule has 8 nitrogen and oxygen atoms in total. The Morgan fingerprint density at radius 1 is 1.11 bits per heavy atom. The van der Waals surface area contributed by atoms with Gasteiger partial charge in [-0.3, -0.25) is 30.2 Å². The van der Waals surface area contributed by atoms with Crippen LogP contribution in [0.5, 0.6) is 0 Å². The molecule has 1 N–H and O–H groups in total. The van der Waals surface area contributed by atoms with Crippen molar-refractivity contribution in [3.8, 4) is 0 Å². The third-order valence-electron chi connectivity index (χ3n) is 6.09. The Labute approximate surface area is 275 Å². The molecule has 1 fully saturated rings. The lowest BCUT2D eigenvalue weighted by Crippen LogP contribution is -2.33. The van der Waals surface area contributed by atoms with Crippen molar-refractivity contribution in [1.29, 1.82) is 0 Å². The number of carbonyl (C=O) groups is 1. The van der Waals surface area contributed by atoms with Crippen LogP contribution in [0.1, 0.15) is 92.9 Å². The number of hydrogen-bond donors (Lipinski definition) is 1. The van der Waals surface area contributed by atoms with Crippen molar-refractivity contribution in [1.82, 2.24) is 10.2 Å². The van der Waals surface area contributed by atoms with Crippen molar-refractivity contribution in [2.45, 2.75) is 99.0 Å². The van der Waals surface area contributed by atoms with Crippen LogP contribution >= 0.6 is 0 Å². The minimum absolute atomic E-state index is 0.0712. The zero-order valence-electron chi connectivity index (χ0n) is 29.7. The van der Waals surface area contributed by atoms with Crippen LogP contribution in [0.3, 0.4) is 0 Å². The molecule has 0 radical (unpaired) electrons. The molecule has 8 heteroatoms. The summed E-state index contributed by atoms with van der Waals surface area (Å²) in [5.74, 6) is 1.06. The summed E-state index contributed by atoms with van der Waals surface area (Å²) in [6, 6.07) is 0.701. The van der Waals surface area contributed by atoms with Gasteiger partial charge >= 0.3 is 0 Å². The molecule has 0 unspecified atom stereocenters. The fourth-order valence-electron chi connectivity index (χ4n) is 3.97. The van der Waals surface area contributed by atoms with E-state index >= 15 is 0 Å². The number of allylic oxidation sites excluding steroid dienone is 13. The first-order chi connectivity index (χ1) is 21.6. The SMILES string of the molecule is C/C=C(/C=C\C=C/CC)\C=C\C(C)=O.C=NC1=CC=CCC=C1.CC.CCCC1CCC(NC/N=C/N(C)C)CC1.C[N+](=O)[O-]. The van der Waals surface area contributed by atoms with Gasteiger partial charge in [-0.2, -0.15) is 0 Å². The number of hydrogen-bond acceptors (Lipinski definition) is 6. The molecule has 0 atom stereocenters. The summed E-state index contributed by atoms with van der Waals surface area (Å²) in [5, 5.41) is 12.3. The van der Waals surface area contributed by atoms with Gasteiger partial charge in [0.25, 0.3) is 0 Å². The summed E-state index contributed by atoms with van der Waals surface area (Å²) in [4.78, 5) is 29.1. The molecule has 0 spiro atoms. The first-order valence-electron chi connectivity index (χ1n) is 16.2. The van der Waals surface area contributed by atoms with E-state index in [-0.39, 0.29) is 5.78 Å². The summed E-state index contributed by atoms with van der Waals surface area (Å²) in [7, 11) is 4.89. The smallest absolute Gasteiger partial charge is 0.194 e. The summed E-state index contributed by atoms with van der Waals surface area (Å²) < 4.78 is 0. The lowest BCUT2D eigenvalue weighted by Gasteiger charge is -2.28. The highest BCUT2D eigenvalue weighted by molar-refractivity contribution is 5.87. The van der Waals surface area contributed by atoms with Crippen molar-refractivity contribution in [3.63, 3.8) is 0 Å². The summed E-state index contributed by atoms with van der Waals surface area (Å²) >= 11 is 0. The molecule has 0 aromatic rings. The Kier molecular flexibility index (Phi) is 35.4. The second-order valence-electron chi connectivity index (χ2n) is 10.3. The molecule has 0 bridgehead atoms. The van der Waals surface area contributed by atoms with Crippen LogP contribution in [0, 0.1) is 16.0 Å². The van der Waals surface area contributed by atoms with E-state index in [0.29, 0.717) is 6.04 Å². The first kappa shape index (κ1) is 45.8. The molecule has 0 aliphatic heterocycles. The number of rotatable bonds is 12. The Morgan fingerprint density at radius 3 is 2.27 bits per heavy atom. The van der Waals surface area contributed by atoms with Crippen LogP contribution in [-0.4, -0.2) is 62.5 Å². The molecular weight excluding hydrogens is 562 g/mol. The molecule has 0 saturated heterocycles. The molecule has 2 rings (SSSR count). The fourth-order valence-corrected chi connectivity index (χ4v) is 3.97. The molecule has 0 heterocycles. The van der Waals surface area contributed by atoms with E-state index in [0.717, 1.165) is 43.7 Å². The number of nitrogens with one attached hydrogen (secondary N) is 1. The highest BCUT2D eigenvalue weighted by Gasteiger charge is 2.19. The van der Waals surface area contributed by atoms with Crippen molar-refractivity contribution >= 4 is 18.8 Å². The molecule has 0 aromatic carbocycles. The molecule has 45 heavy (non-hydrogen) atoms. The third-order valence-corrected chi connectivity index (χ3v) is 6.09. The van der Waals surface area contributed by atoms with Gasteiger partial charge in [0.05, 0.1) is 18.7 Å². The molecular formula is C37H63N5O3. The van der Waals surface area contributed by atoms with Crippen molar-refractivity contribution < 1.29 is 9.72 Å². The van der Waals surface area contributed by atoms with Gasteiger partial charge in [-0.05, 0) is 88.8 Å². The van der Waals surface area contributed by atoms with E-state index in [2.05, 4.69) is 54.1 Å². The van der Waals surface area contributed by atoms with Crippen LogP contribution in [-0.2, 0) is 4.79 Å². The van der Waals surface area contributed by atoms with E-state index in [4.69, 9.17) is 10.1 Å². The van der Waals surface area contributed by atoms with Crippen molar-refractivity contribution in [2.75, 3.05) is 27.8 Å². The van der Waals surface area contributed by atoms with Gasteiger partial charge in [0.2, 0.25) is 0 Å². The van der Waals surface area contributed by atoms with Gasteiger partial charge in [-0.25, -0.2) is 0 Å². The highest BCUT2D eigenvalue weighted by atomic mass is 16.6. The van der Waals surface area contributed by atoms with E-state index in [1.165, 1.54) is 38.5 Å². The van der Waals surface area contributed by atoms with E-state index in [1.54, 1.807) is 13.0 Å². The van der Waals surface area contributed by atoms with Crippen LogP contribution in [0.25, 0.3) is 0 Å². The minimum Gasteiger partial charge on any atom is -0.369 e. The van der Waals surface area contributed by atoms with Gasteiger partial charge in [0, 0.05) is 25.1 Å². The quantitative estimate of drug-likeness (QED) is 0.0582. The Balaban J connectivity index is -0.000000553. The fraction of sp³-hybridized carbons (Fsp3) is 0.541. The molecule has 0 aromatic heterocycles. The number of ketones is 1. The maximum Gasteiger partial charge on any atom is 0.194 e. The lowest BCUT2D eigenvalue weighted by atomic mass is 9.83. The van der Waals surface area contributed by atoms with E-state index in [9.17, 15) is 4.79 Å². The molecule has 2 aliphatic carbocycles. The predicted octanol–water partition coefficient (Wildman–Crippen LogP) is 9.09. The van der Waals surface area contributed by atoms with Crippen LogP contribution < -0.4 is 5.32 Å². The number of nitro groups is 1. The number of nitrogens with zero attached hydrogens (tertiary/aromatic N) is 4. The molecule has 1 saturated carbocycles. The molecule has 0 amide bonds. The minimum atomic E-state index is -0.500. The highest BCUT2D eigenvalue weighted by Crippen LogP contribution is 2.27. The van der Waals surface area contributed by atoms with Gasteiger partial charge in [-0.1, -0.05) is 95.2 Å². The number of carbonyl (C=O) groups excluding carboxylic acids is 1. The average Bonchev–Trinajstić information content (AvgIpc) is 3.30. The van der Waals surface area contributed by atoms with Gasteiger partial charge < -0.3 is 4.90 Å². The summed E-state index contributed by atoms with van der Waals surface area (Å²) in [5.41, 5.74) is 1.98. The Bertz CT molecular complexity index is 990. The van der Waals surface area contributed by atoms with Crippen LogP contribution in [0.2, 0.25) is 0 Å². The van der Waals surface area contributed by atoms with Gasteiger partial charge in [0.15, 0.2) is 12.8 Å². The predicted molar refractivity (Wildman–Crippen MR) is 198 cm³/mol. The maximum atomic E-state index is 10.7. The van der Waals surface area contributed by atoms with E-state index < -0.39 is 4.92 Å². The zero-order chi connectivity index (χ0) is 34.7. The van der Waals surface area contributed by atoms with Crippen LogP contribution in [0.15, 0.2) is 94.2 Å². The lowest BCUT2D eigenvalue weighted by molar-refractivity contribution is -0.445. The topological polar surface area (TPSA) is 100 Å². The third kappa shape index (κ3) is 36.4. The standard InChI is InChI=1S/C13H27N3.C13H18O.C8H9N.C2H6.CH3NO2/c1-4-5-12-6-8-13(9-7-12)15-10-14-11-16(2)3;1-4-6-7-8-9-13(5-2)11-10-12(3)14;1-9-8-6-4-2-3-5-7-8;1-2;1-2(3)4/h11-13,15H,4-10H2,1-3H3;5-11H,4H2,1-3H3;2,4-7H,1,3H2;1-2H3;1H3/b14-11+;7-6-,9-8-,11-10+,13-5-;;;. The average molecular weight is 626 g/mol.